The van der Waals surface area contributed by atoms with Gasteiger partial charge in [-0.05, 0) is 37.8 Å². The highest BCUT2D eigenvalue weighted by molar-refractivity contribution is 5.93. The molecular weight excluding hydrogens is 310 g/mol. The van der Waals surface area contributed by atoms with Gasteiger partial charge in [0, 0.05) is 24.6 Å². The molecule has 1 heterocycles. The van der Waals surface area contributed by atoms with E-state index in [9.17, 15) is 9.59 Å². The number of nitrogens with one attached hydrogen (secondary N) is 1. The fourth-order valence-electron chi connectivity index (χ4n) is 3.38. The van der Waals surface area contributed by atoms with Gasteiger partial charge in [0.25, 0.3) is 11.7 Å². The first-order valence-electron chi connectivity index (χ1n) is 8.62. The first kappa shape index (κ1) is 15.3. The lowest BCUT2D eigenvalue weighted by atomic mass is 9.86. The zero-order valence-corrected chi connectivity index (χ0v) is 13.5. The van der Waals surface area contributed by atoms with E-state index in [1.54, 1.807) is 18.2 Å². The number of anilines is 1. The molecule has 1 aromatic rings. The molecule has 1 amide bonds. The molecule has 128 valence electrons. The standard InChI is InChI=1S/C18H21NO5/c20-16(11-22-17(21)12-4-3-5-12)19-13-6-7-14-15(10-13)24-18(23-14)8-1-2-9-18/h6-7,10,12H,1-5,8-9,11H2,(H,19,20). The molecule has 0 unspecified atom stereocenters. The summed E-state index contributed by atoms with van der Waals surface area (Å²) in [5.74, 6) is 0.212. The molecule has 1 N–H and O–H groups in total. The second-order valence-electron chi connectivity index (χ2n) is 6.77. The summed E-state index contributed by atoms with van der Waals surface area (Å²) in [6.07, 6.45) is 6.77. The molecule has 4 rings (SSSR count). The van der Waals surface area contributed by atoms with Crippen molar-refractivity contribution in [3.8, 4) is 11.5 Å². The molecule has 6 nitrogen and oxygen atoms in total. The Balaban J connectivity index is 1.32. The van der Waals surface area contributed by atoms with E-state index in [0.29, 0.717) is 17.2 Å². The fourth-order valence-corrected chi connectivity index (χ4v) is 3.38. The molecule has 0 saturated heterocycles. The molecule has 3 aliphatic rings. The topological polar surface area (TPSA) is 73.9 Å². The number of esters is 1. The lowest BCUT2D eigenvalue weighted by molar-refractivity contribution is -0.154. The molecule has 0 aromatic heterocycles. The molecule has 6 heteroatoms. The van der Waals surface area contributed by atoms with E-state index in [0.717, 1.165) is 44.9 Å². The van der Waals surface area contributed by atoms with Crippen molar-refractivity contribution in [3.05, 3.63) is 18.2 Å². The molecule has 0 atom stereocenters. The maximum atomic E-state index is 11.9. The van der Waals surface area contributed by atoms with Crippen LogP contribution in [0.4, 0.5) is 5.69 Å². The van der Waals surface area contributed by atoms with E-state index in [4.69, 9.17) is 14.2 Å². The number of amides is 1. The van der Waals surface area contributed by atoms with Crippen LogP contribution < -0.4 is 14.8 Å². The van der Waals surface area contributed by atoms with Crippen LogP contribution in [0, 0.1) is 5.92 Å². The van der Waals surface area contributed by atoms with Gasteiger partial charge in [0.1, 0.15) is 0 Å². The molecule has 2 aliphatic carbocycles. The minimum absolute atomic E-state index is 0.0223. The van der Waals surface area contributed by atoms with Gasteiger partial charge in [-0.15, -0.1) is 0 Å². The van der Waals surface area contributed by atoms with Crippen molar-refractivity contribution in [2.45, 2.75) is 50.7 Å². The maximum Gasteiger partial charge on any atom is 0.309 e. The Morgan fingerprint density at radius 2 is 1.88 bits per heavy atom. The van der Waals surface area contributed by atoms with Crippen LogP contribution in [0.25, 0.3) is 0 Å². The minimum atomic E-state index is -0.511. The molecular formula is C18H21NO5. The number of carbonyl (C=O) groups excluding carboxylic acids is 2. The summed E-state index contributed by atoms with van der Waals surface area (Å²) in [6.45, 7) is -0.256. The summed E-state index contributed by atoms with van der Waals surface area (Å²) >= 11 is 0. The smallest absolute Gasteiger partial charge is 0.309 e. The minimum Gasteiger partial charge on any atom is -0.455 e. The third kappa shape index (κ3) is 2.92. The highest BCUT2D eigenvalue weighted by Gasteiger charge is 2.44. The predicted octanol–water partition coefficient (Wildman–Crippen LogP) is 3.01. The number of hydrogen-bond donors (Lipinski definition) is 1. The Bertz CT molecular complexity index is 661. The van der Waals surface area contributed by atoms with Gasteiger partial charge >= 0.3 is 5.97 Å². The summed E-state index contributed by atoms with van der Waals surface area (Å²) < 4.78 is 16.9. The summed E-state index contributed by atoms with van der Waals surface area (Å²) in [7, 11) is 0. The van der Waals surface area contributed by atoms with E-state index in [1.165, 1.54) is 0 Å². The summed E-state index contributed by atoms with van der Waals surface area (Å²) in [6, 6.07) is 5.33. The summed E-state index contributed by atoms with van der Waals surface area (Å²) in [5, 5.41) is 2.73. The maximum absolute atomic E-state index is 11.9. The van der Waals surface area contributed by atoms with Gasteiger partial charge in [-0.1, -0.05) is 6.42 Å². The number of hydrogen-bond acceptors (Lipinski definition) is 5. The number of fused-ring (bicyclic) bond motifs is 1. The second kappa shape index (κ2) is 6.00. The first-order chi connectivity index (χ1) is 11.6. The van der Waals surface area contributed by atoms with Crippen LogP contribution in [-0.2, 0) is 14.3 Å². The zero-order chi connectivity index (χ0) is 16.6. The molecule has 24 heavy (non-hydrogen) atoms. The lowest BCUT2D eigenvalue weighted by Crippen LogP contribution is -2.34. The third-order valence-corrected chi connectivity index (χ3v) is 4.97. The quantitative estimate of drug-likeness (QED) is 0.859. The highest BCUT2D eigenvalue weighted by Crippen LogP contribution is 2.47. The predicted molar refractivity (Wildman–Crippen MR) is 85.8 cm³/mol. The van der Waals surface area contributed by atoms with Crippen molar-refractivity contribution in [1.29, 1.82) is 0 Å². The number of benzene rings is 1. The Morgan fingerprint density at radius 1 is 1.12 bits per heavy atom. The Morgan fingerprint density at radius 3 is 2.58 bits per heavy atom. The summed E-state index contributed by atoms with van der Waals surface area (Å²) in [5.41, 5.74) is 0.608. The van der Waals surface area contributed by atoms with E-state index >= 15 is 0 Å². The van der Waals surface area contributed by atoms with Gasteiger partial charge in [0.15, 0.2) is 18.1 Å². The molecule has 1 aliphatic heterocycles. The fraction of sp³-hybridized carbons (Fsp3) is 0.556. The molecule has 1 spiro atoms. The molecule has 2 fully saturated rings. The molecule has 2 saturated carbocycles. The number of rotatable bonds is 4. The largest absolute Gasteiger partial charge is 0.455 e. The average molecular weight is 331 g/mol. The van der Waals surface area contributed by atoms with E-state index in [1.807, 2.05) is 0 Å². The number of ether oxygens (including phenoxy) is 3. The first-order valence-corrected chi connectivity index (χ1v) is 8.62. The van der Waals surface area contributed by atoms with Crippen molar-refractivity contribution in [1.82, 2.24) is 0 Å². The van der Waals surface area contributed by atoms with E-state index in [2.05, 4.69) is 5.32 Å². The van der Waals surface area contributed by atoms with Crippen LogP contribution in [0.3, 0.4) is 0 Å². The molecule has 0 radical (unpaired) electrons. The monoisotopic (exact) mass is 331 g/mol. The Hall–Kier alpha value is -2.24. The van der Waals surface area contributed by atoms with Crippen molar-refractivity contribution >= 4 is 17.6 Å². The average Bonchev–Trinajstić information content (AvgIpc) is 3.09. The molecule has 0 bridgehead atoms. The zero-order valence-electron chi connectivity index (χ0n) is 13.5. The van der Waals surface area contributed by atoms with Crippen LogP contribution in [0.2, 0.25) is 0 Å². The highest BCUT2D eigenvalue weighted by atomic mass is 16.7. The summed E-state index contributed by atoms with van der Waals surface area (Å²) in [4.78, 5) is 23.6. The SMILES string of the molecule is O=C(COC(=O)C1CCC1)Nc1ccc2c(c1)OC1(CCCC1)O2. The van der Waals surface area contributed by atoms with Gasteiger partial charge in [0.05, 0.1) is 5.92 Å². The van der Waals surface area contributed by atoms with Crippen molar-refractivity contribution in [3.63, 3.8) is 0 Å². The van der Waals surface area contributed by atoms with Gasteiger partial charge in [-0.25, -0.2) is 0 Å². The van der Waals surface area contributed by atoms with Crippen molar-refractivity contribution in [2.75, 3.05) is 11.9 Å². The van der Waals surface area contributed by atoms with Crippen molar-refractivity contribution in [2.24, 2.45) is 5.92 Å². The van der Waals surface area contributed by atoms with E-state index < -0.39 is 5.79 Å². The van der Waals surface area contributed by atoms with Crippen LogP contribution in [0.15, 0.2) is 18.2 Å². The van der Waals surface area contributed by atoms with Gasteiger partial charge in [-0.3, -0.25) is 9.59 Å². The third-order valence-electron chi connectivity index (χ3n) is 4.97. The normalized spacial score (nSPS) is 20.7. The van der Waals surface area contributed by atoms with Gasteiger partial charge in [0.2, 0.25) is 0 Å². The Labute approximate surface area is 140 Å². The Kier molecular flexibility index (Phi) is 3.82. The van der Waals surface area contributed by atoms with Crippen LogP contribution in [0.1, 0.15) is 44.9 Å². The number of carbonyl (C=O) groups is 2. The second-order valence-corrected chi connectivity index (χ2v) is 6.77. The molecule has 1 aromatic carbocycles. The van der Waals surface area contributed by atoms with Gasteiger partial charge < -0.3 is 19.5 Å². The van der Waals surface area contributed by atoms with Crippen LogP contribution in [-0.4, -0.2) is 24.3 Å². The van der Waals surface area contributed by atoms with Gasteiger partial charge in [-0.2, -0.15) is 0 Å². The lowest BCUT2D eigenvalue weighted by Gasteiger charge is -2.22. The van der Waals surface area contributed by atoms with E-state index in [-0.39, 0.29) is 24.4 Å². The van der Waals surface area contributed by atoms with Crippen molar-refractivity contribution < 1.29 is 23.8 Å². The van der Waals surface area contributed by atoms with Crippen LogP contribution in [0.5, 0.6) is 11.5 Å². The van der Waals surface area contributed by atoms with Crippen LogP contribution >= 0.6 is 0 Å².